The van der Waals surface area contributed by atoms with Crippen molar-refractivity contribution >= 4 is 13.8 Å². The van der Waals surface area contributed by atoms with E-state index in [1.165, 1.54) is 38.5 Å². The molecule has 0 radical (unpaired) electrons. The van der Waals surface area contributed by atoms with Crippen LogP contribution in [-0.4, -0.2) is 75.6 Å². The van der Waals surface area contributed by atoms with Gasteiger partial charge >= 0.3 is 13.8 Å². The van der Waals surface area contributed by atoms with E-state index in [1.807, 2.05) is 21.1 Å². The van der Waals surface area contributed by atoms with Crippen molar-refractivity contribution in [3.05, 3.63) is 72.9 Å². The maximum atomic E-state index is 12.6. The number of allylic oxidation sites excluding steroid dienone is 12. The molecule has 9 heteroatoms. The summed E-state index contributed by atoms with van der Waals surface area (Å²) in [6.07, 6.45) is 46.5. The van der Waals surface area contributed by atoms with Crippen molar-refractivity contribution in [2.45, 2.75) is 148 Å². The molecule has 0 fully saturated rings. The van der Waals surface area contributed by atoms with Crippen LogP contribution in [0.1, 0.15) is 142 Å². The number of carbonyl (C=O) groups excluding carboxylic acids is 1. The maximum Gasteiger partial charge on any atom is 0.472 e. The molecular formula is C44H79NO7P+. The Bertz CT molecular complexity index is 1070. The van der Waals surface area contributed by atoms with Gasteiger partial charge in [0.1, 0.15) is 19.3 Å². The lowest BCUT2D eigenvalue weighted by molar-refractivity contribution is -0.870. The van der Waals surface area contributed by atoms with Crippen molar-refractivity contribution in [2.24, 2.45) is 0 Å². The first-order chi connectivity index (χ1) is 25.6. The van der Waals surface area contributed by atoms with Gasteiger partial charge in [0.05, 0.1) is 34.4 Å². The van der Waals surface area contributed by atoms with E-state index in [4.69, 9.17) is 18.5 Å². The smallest absolute Gasteiger partial charge is 0.457 e. The highest BCUT2D eigenvalue weighted by Gasteiger charge is 2.26. The van der Waals surface area contributed by atoms with E-state index in [0.29, 0.717) is 24.1 Å². The van der Waals surface area contributed by atoms with Gasteiger partial charge in [0, 0.05) is 13.0 Å². The molecule has 0 saturated heterocycles. The summed E-state index contributed by atoms with van der Waals surface area (Å²) in [6, 6.07) is 0. The predicted molar refractivity (Wildman–Crippen MR) is 224 cm³/mol. The standard InChI is InChI=1S/C44H78NO7P/c1-6-8-10-12-14-16-18-20-21-22-23-24-26-28-30-32-34-36-39-49-41-43(42-51-53(47,48)50-40-38-45(3,4)5)52-44(46)37-35-33-31-29-27-25-19-17-15-13-11-9-7-2/h8,10,14,16-17,19-21,23-24,28,30,43H,6-7,9,11-13,15,18,22,25-27,29,31-42H2,1-5H3/p+1/b10-8-,16-14-,19-17-,21-20-,24-23-,30-28-. The summed E-state index contributed by atoms with van der Waals surface area (Å²) in [5.41, 5.74) is 0. The first-order valence-corrected chi connectivity index (χ1v) is 22.2. The SMILES string of the molecule is CC/C=C\C/C=C\C/C=C\C/C=C\C/C=C\CCCCOCC(COP(=O)(O)OCC[N+](C)(C)C)OC(=O)CCCCCCC/C=C\CCCCCC. The Morgan fingerprint density at radius 2 is 1.09 bits per heavy atom. The van der Waals surface area contributed by atoms with Crippen molar-refractivity contribution in [3.63, 3.8) is 0 Å². The Hall–Kier alpha value is -2.06. The summed E-state index contributed by atoms with van der Waals surface area (Å²) in [5.74, 6) is -0.342. The van der Waals surface area contributed by atoms with Crippen molar-refractivity contribution in [1.29, 1.82) is 0 Å². The predicted octanol–water partition coefficient (Wildman–Crippen LogP) is 11.9. The first-order valence-electron chi connectivity index (χ1n) is 20.7. The number of carbonyl (C=O) groups is 1. The molecule has 0 amide bonds. The summed E-state index contributed by atoms with van der Waals surface area (Å²) in [6.45, 7) is 5.34. The fraction of sp³-hybridized carbons (Fsp3) is 0.705. The molecule has 306 valence electrons. The molecule has 0 rings (SSSR count). The molecule has 0 aliphatic rings. The van der Waals surface area contributed by atoms with Crippen molar-refractivity contribution in [1.82, 2.24) is 0 Å². The molecular weight excluding hydrogens is 685 g/mol. The summed E-state index contributed by atoms with van der Waals surface area (Å²) >= 11 is 0. The lowest BCUT2D eigenvalue weighted by atomic mass is 10.1. The molecule has 0 aliphatic carbocycles. The van der Waals surface area contributed by atoms with Crippen molar-refractivity contribution in [3.8, 4) is 0 Å². The highest BCUT2D eigenvalue weighted by atomic mass is 31.2. The van der Waals surface area contributed by atoms with Crippen LogP contribution in [0.3, 0.4) is 0 Å². The van der Waals surface area contributed by atoms with Crippen LogP contribution < -0.4 is 0 Å². The van der Waals surface area contributed by atoms with Gasteiger partial charge in [-0.15, -0.1) is 0 Å². The second-order valence-corrected chi connectivity index (χ2v) is 16.1. The van der Waals surface area contributed by atoms with Crippen LogP contribution in [-0.2, 0) is 27.9 Å². The Labute approximate surface area is 325 Å². The first kappa shape index (κ1) is 50.9. The zero-order valence-corrected chi connectivity index (χ0v) is 35.4. The average molecular weight is 765 g/mol. The minimum absolute atomic E-state index is 0.0749. The summed E-state index contributed by atoms with van der Waals surface area (Å²) in [7, 11) is 1.62. The van der Waals surface area contributed by atoms with Gasteiger partial charge in [0.25, 0.3) is 0 Å². The minimum Gasteiger partial charge on any atom is -0.457 e. The molecule has 2 atom stereocenters. The van der Waals surface area contributed by atoms with Crippen molar-refractivity contribution in [2.75, 3.05) is 54.1 Å². The number of phosphoric acid groups is 1. The van der Waals surface area contributed by atoms with Gasteiger partial charge in [-0.05, 0) is 83.5 Å². The second kappa shape index (κ2) is 36.9. The van der Waals surface area contributed by atoms with E-state index in [-0.39, 0.29) is 25.8 Å². The maximum absolute atomic E-state index is 12.6. The van der Waals surface area contributed by atoms with Crippen molar-refractivity contribution < 1.29 is 37.3 Å². The number of hydrogen-bond donors (Lipinski definition) is 1. The lowest BCUT2D eigenvalue weighted by Gasteiger charge is -2.24. The molecule has 0 aromatic heterocycles. The highest BCUT2D eigenvalue weighted by Crippen LogP contribution is 2.43. The lowest BCUT2D eigenvalue weighted by Crippen LogP contribution is -2.37. The molecule has 1 N–H and O–H groups in total. The number of nitrogens with zero attached hydrogens (tertiary/aromatic N) is 1. The molecule has 0 heterocycles. The third-order valence-electron chi connectivity index (χ3n) is 8.25. The Morgan fingerprint density at radius 1 is 0.604 bits per heavy atom. The van der Waals surface area contributed by atoms with Crippen LogP contribution in [0, 0.1) is 0 Å². The van der Waals surface area contributed by atoms with E-state index in [0.717, 1.165) is 83.5 Å². The molecule has 53 heavy (non-hydrogen) atoms. The molecule has 0 aromatic carbocycles. The van der Waals surface area contributed by atoms with E-state index < -0.39 is 13.9 Å². The largest absolute Gasteiger partial charge is 0.472 e. The number of quaternary nitrogens is 1. The number of unbranched alkanes of at least 4 members (excludes halogenated alkanes) is 11. The summed E-state index contributed by atoms with van der Waals surface area (Å²) in [5, 5.41) is 0. The van der Waals surface area contributed by atoms with Crippen LogP contribution in [0.2, 0.25) is 0 Å². The molecule has 0 bridgehead atoms. The molecule has 0 saturated carbocycles. The van der Waals surface area contributed by atoms with Gasteiger partial charge in [-0.1, -0.05) is 125 Å². The fourth-order valence-electron chi connectivity index (χ4n) is 5.04. The third kappa shape index (κ3) is 41.0. The second-order valence-electron chi connectivity index (χ2n) is 14.6. The topological polar surface area (TPSA) is 91.3 Å². The van der Waals surface area contributed by atoms with Gasteiger partial charge in [0.2, 0.25) is 0 Å². The number of rotatable bonds is 37. The Kier molecular flexibility index (Phi) is 35.5. The fourth-order valence-corrected chi connectivity index (χ4v) is 5.78. The third-order valence-corrected chi connectivity index (χ3v) is 9.24. The van der Waals surface area contributed by atoms with Gasteiger partial charge < -0.3 is 18.9 Å². The van der Waals surface area contributed by atoms with Crippen LogP contribution in [0.15, 0.2) is 72.9 Å². The quantitative estimate of drug-likeness (QED) is 0.0221. The molecule has 8 nitrogen and oxygen atoms in total. The van der Waals surface area contributed by atoms with Crippen LogP contribution in [0.25, 0.3) is 0 Å². The number of esters is 1. The average Bonchev–Trinajstić information content (AvgIpc) is 3.11. The van der Waals surface area contributed by atoms with E-state index in [1.54, 1.807) is 0 Å². The number of ether oxygens (including phenoxy) is 2. The van der Waals surface area contributed by atoms with Gasteiger partial charge in [-0.3, -0.25) is 13.8 Å². The number of likely N-dealkylation sites (N-methyl/N-ethyl adjacent to an activating group) is 1. The normalized spacial score (nSPS) is 14.6. The zero-order valence-electron chi connectivity index (χ0n) is 34.5. The monoisotopic (exact) mass is 765 g/mol. The van der Waals surface area contributed by atoms with Gasteiger partial charge in [0.15, 0.2) is 0 Å². The molecule has 0 spiro atoms. The van der Waals surface area contributed by atoms with Crippen LogP contribution in [0.4, 0.5) is 0 Å². The van der Waals surface area contributed by atoms with Crippen LogP contribution in [0.5, 0.6) is 0 Å². The van der Waals surface area contributed by atoms with E-state index >= 15 is 0 Å². The minimum atomic E-state index is -4.29. The summed E-state index contributed by atoms with van der Waals surface area (Å²) in [4.78, 5) is 22.8. The number of phosphoric ester groups is 1. The Balaban J connectivity index is 4.38. The molecule has 0 aromatic rings. The summed E-state index contributed by atoms with van der Waals surface area (Å²) < 4.78 is 34.8. The number of hydrogen-bond acceptors (Lipinski definition) is 6. The highest BCUT2D eigenvalue weighted by molar-refractivity contribution is 7.47. The van der Waals surface area contributed by atoms with E-state index in [2.05, 4.69) is 86.8 Å². The van der Waals surface area contributed by atoms with E-state index in [9.17, 15) is 14.3 Å². The molecule has 2 unspecified atom stereocenters. The van der Waals surface area contributed by atoms with Crippen LogP contribution >= 0.6 is 7.82 Å². The van der Waals surface area contributed by atoms with Gasteiger partial charge in [-0.25, -0.2) is 4.57 Å². The van der Waals surface area contributed by atoms with Gasteiger partial charge in [-0.2, -0.15) is 0 Å². The molecule has 0 aliphatic heterocycles. The Morgan fingerprint density at radius 3 is 1.66 bits per heavy atom. The zero-order chi connectivity index (χ0) is 39.1.